The summed E-state index contributed by atoms with van der Waals surface area (Å²) in [6.07, 6.45) is 0.465. The van der Waals surface area contributed by atoms with Crippen LogP contribution in [0.25, 0.3) is 5.69 Å². The van der Waals surface area contributed by atoms with Crippen LogP contribution in [0.15, 0.2) is 44.9 Å². The van der Waals surface area contributed by atoms with E-state index in [-0.39, 0.29) is 11.4 Å². The number of nitrogens with one attached hydrogen (secondary N) is 1. The van der Waals surface area contributed by atoms with Crippen LogP contribution in [0.3, 0.4) is 0 Å². The Bertz CT molecular complexity index is 912. The summed E-state index contributed by atoms with van der Waals surface area (Å²) >= 11 is 0. The van der Waals surface area contributed by atoms with Crippen LogP contribution in [0, 0.1) is 0 Å². The lowest BCUT2D eigenvalue weighted by Crippen LogP contribution is -2.38. The molecule has 2 heterocycles. The number of ether oxygens (including phenoxy) is 1. The van der Waals surface area contributed by atoms with Gasteiger partial charge in [0.1, 0.15) is 5.56 Å². The Kier molecular flexibility index (Phi) is 6.20. The van der Waals surface area contributed by atoms with Gasteiger partial charge in [-0.1, -0.05) is 25.1 Å². The van der Waals surface area contributed by atoms with E-state index in [2.05, 4.69) is 14.9 Å². The number of aromatic nitrogens is 2. The molecule has 0 saturated carbocycles. The molecule has 0 amide bonds. The molecule has 0 aliphatic carbocycles. The summed E-state index contributed by atoms with van der Waals surface area (Å²) in [5.41, 5.74) is -0.316. The molecule has 1 aliphatic rings. The predicted molar refractivity (Wildman–Crippen MR) is 103 cm³/mol. The number of hydrogen-bond donors (Lipinski definition) is 2. The van der Waals surface area contributed by atoms with Gasteiger partial charge in [-0.15, -0.1) is 0 Å². The molecule has 1 aromatic carbocycles. The minimum atomic E-state index is -0.684. The Labute approximate surface area is 156 Å². The molecule has 2 aromatic rings. The highest BCUT2D eigenvalue weighted by atomic mass is 16.5. The van der Waals surface area contributed by atoms with E-state index in [1.807, 2.05) is 13.0 Å². The minimum Gasteiger partial charge on any atom is -0.493 e. The second-order valence-electron chi connectivity index (χ2n) is 6.26. The Morgan fingerprint density at radius 1 is 1.22 bits per heavy atom. The zero-order chi connectivity index (χ0) is 19.2. The summed E-state index contributed by atoms with van der Waals surface area (Å²) in [5.74, 6) is -0.387. The molecule has 0 atom stereocenters. The molecule has 0 unspecified atom stereocenters. The summed E-state index contributed by atoms with van der Waals surface area (Å²) in [6.45, 7) is 6.28. The SMILES string of the molecule is CCC(=NCCN1CCOCC1)c1c(O)n(-c2ccccc2)c(=O)[nH]c1=O. The second-order valence-corrected chi connectivity index (χ2v) is 6.26. The highest BCUT2D eigenvalue weighted by Gasteiger charge is 2.19. The topological polar surface area (TPSA) is 99.9 Å². The van der Waals surface area contributed by atoms with Crippen molar-refractivity contribution in [3.63, 3.8) is 0 Å². The smallest absolute Gasteiger partial charge is 0.335 e. The second kappa shape index (κ2) is 8.79. The molecule has 2 N–H and O–H groups in total. The van der Waals surface area contributed by atoms with Gasteiger partial charge in [-0.2, -0.15) is 0 Å². The summed E-state index contributed by atoms with van der Waals surface area (Å²) in [7, 11) is 0. The highest BCUT2D eigenvalue weighted by molar-refractivity contribution is 6.02. The van der Waals surface area contributed by atoms with Gasteiger partial charge in [0.05, 0.1) is 31.2 Å². The van der Waals surface area contributed by atoms with Gasteiger partial charge >= 0.3 is 5.69 Å². The quantitative estimate of drug-likeness (QED) is 0.730. The van der Waals surface area contributed by atoms with Gasteiger partial charge in [-0.25, -0.2) is 9.36 Å². The van der Waals surface area contributed by atoms with E-state index >= 15 is 0 Å². The third kappa shape index (κ3) is 4.35. The van der Waals surface area contributed by atoms with Crippen LogP contribution in [0.2, 0.25) is 0 Å². The van der Waals surface area contributed by atoms with Gasteiger partial charge < -0.3 is 9.84 Å². The Morgan fingerprint density at radius 3 is 2.59 bits per heavy atom. The number of benzene rings is 1. The lowest BCUT2D eigenvalue weighted by molar-refractivity contribution is 0.0394. The average Bonchev–Trinajstić information content (AvgIpc) is 2.68. The van der Waals surface area contributed by atoms with E-state index < -0.39 is 11.2 Å². The van der Waals surface area contributed by atoms with Crippen molar-refractivity contribution >= 4 is 5.71 Å². The van der Waals surface area contributed by atoms with Crippen molar-refractivity contribution in [1.82, 2.24) is 14.5 Å². The number of morpholine rings is 1. The number of aliphatic imine (C=N–C) groups is 1. The van der Waals surface area contributed by atoms with Crippen molar-refractivity contribution in [3.8, 4) is 11.6 Å². The molecule has 144 valence electrons. The standard InChI is InChI=1S/C19H24N4O4/c1-2-15(20-8-9-22-10-12-27-13-11-22)16-17(24)21-19(26)23(18(16)25)14-6-4-3-5-7-14/h3-7,25H,2,8-13H2,1H3,(H,21,24,26). The molecule has 0 bridgehead atoms. The van der Waals surface area contributed by atoms with Gasteiger partial charge in [0, 0.05) is 19.6 Å². The largest absolute Gasteiger partial charge is 0.493 e. The Hall–Kier alpha value is -2.71. The maximum atomic E-state index is 12.4. The van der Waals surface area contributed by atoms with Crippen molar-refractivity contribution in [2.45, 2.75) is 13.3 Å². The first-order chi connectivity index (χ1) is 13.1. The van der Waals surface area contributed by atoms with Crippen molar-refractivity contribution < 1.29 is 9.84 Å². The van der Waals surface area contributed by atoms with E-state index in [1.54, 1.807) is 24.3 Å². The van der Waals surface area contributed by atoms with Gasteiger partial charge in [0.15, 0.2) is 0 Å². The fraction of sp³-hybridized carbons (Fsp3) is 0.421. The van der Waals surface area contributed by atoms with Crippen LogP contribution < -0.4 is 11.2 Å². The third-order valence-electron chi connectivity index (χ3n) is 4.55. The number of aromatic amines is 1. The van der Waals surface area contributed by atoms with Gasteiger partial charge in [-0.3, -0.25) is 19.7 Å². The van der Waals surface area contributed by atoms with Gasteiger partial charge in [0.25, 0.3) is 5.56 Å². The molecule has 3 rings (SSSR count). The molecule has 1 fully saturated rings. The fourth-order valence-corrected chi connectivity index (χ4v) is 3.12. The van der Waals surface area contributed by atoms with Crippen molar-refractivity contribution in [3.05, 3.63) is 56.7 Å². The zero-order valence-corrected chi connectivity index (χ0v) is 15.4. The molecule has 1 aliphatic heterocycles. The summed E-state index contributed by atoms with van der Waals surface area (Å²) in [6, 6.07) is 8.68. The highest BCUT2D eigenvalue weighted by Crippen LogP contribution is 2.18. The van der Waals surface area contributed by atoms with Crippen LogP contribution in [0.5, 0.6) is 5.88 Å². The molecule has 8 nitrogen and oxygen atoms in total. The minimum absolute atomic E-state index is 0.0444. The van der Waals surface area contributed by atoms with Gasteiger partial charge in [-0.05, 0) is 18.6 Å². The number of rotatable bonds is 6. The van der Waals surface area contributed by atoms with E-state index in [0.717, 1.165) is 24.2 Å². The van der Waals surface area contributed by atoms with Crippen molar-refractivity contribution in [2.24, 2.45) is 4.99 Å². The van der Waals surface area contributed by atoms with Crippen LogP contribution in [-0.2, 0) is 4.74 Å². The lowest BCUT2D eigenvalue weighted by Gasteiger charge is -2.25. The molecular formula is C19H24N4O4. The van der Waals surface area contributed by atoms with E-state index in [9.17, 15) is 14.7 Å². The first-order valence-electron chi connectivity index (χ1n) is 9.09. The first-order valence-corrected chi connectivity index (χ1v) is 9.09. The van der Waals surface area contributed by atoms with Crippen molar-refractivity contribution in [2.75, 3.05) is 39.4 Å². The summed E-state index contributed by atoms with van der Waals surface area (Å²) in [5, 5.41) is 10.7. The van der Waals surface area contributed by atoms with Crippen LogP contribution >= 0.6 is 0 Å². The number of hydrogen-bond acceptors (Lipinski definition) is 6. The zero-order valence-electron chi connectivity index (χ0n) is 15.4. The molecular weight excluding hydrogens is 348 g/mol. The summed E-state index contributed by atoms with van der Waals surface area (Å²) in [4.78, 5) is 33.7. The maximum absolute atomic E-state index is 12.4. The Balaban J connectivity index is 1.92. The van der Waals surface area contributed by atoms with Gasteiger partial charge in [0.2, 0.25) is 5.88 Å². The Morgan fingerprint density at radius 2 is 1.93 bits per heavy atom. The average molecular weight is 372 g/mol. The molecule has 1 saturated heterocycles. The third-order valence-corrected chi connectivity index (χ3v) is 4.55. The van der Waals surface area contributed by atoms with Crippen LogP contribution in [0.4, 0.5) is 0 Å². The molecule has 0 spiro atoms. The summed E-state index contributed by atoms with van der Waals surface area (Å²) < 4.78 is 6.41. The van der Waals surface area contributed by atoms with E-state index in [0.29, 0.717) is 37.6 Å². The number of H-pyrrole nitrogens is 1. The van der Waals surface area contributed by atoms with Crippen LogP contribution in [-0.4, -0.2) is 64.7 Å². The predicted octanol–water partition coefficient (Wildman–Crippen LogP) is 0.763. The number of para-hydroxylation sites is 1. The van der Waals surface area contributed by atoms with E-state index in [4.69, 9.17) is 4.74 Å². The lowest BCUT2D eigenvalue weighted by atomic mass is 10.1. The number of aromatic hydroxyl groups is 1. The molecule has 0 radical (unpaired) electrons. The fourth-order valence-electron chi connectivity index (χ4n) is 3.12. The normalized spacial score (nSPS) is 15.8. The van der Waals surface area contributed by atoms with E-state index in [1.165, 1.54) is 0 Å². The van der Waals surface area contributed by atoms with Crippen LogP contribution in [0.1, 0.15) is 18.9 Å². The monoisotopic (exact) mass is 372 g/mol. The number of nitrogens with zero attached hydrogens (tertiary/aromatic N) is 3. The van der Waals surface area contributed by atoms with Crippen molar-refractivity contribution in [1.29, 1.82) is 0 Å². The maximum Gasteiger partial charge on any atom is 0.335 e. The molecule has 27 heavy (non-hydrogen) atoms. The first kappa shape index (κ1) is 19.1. The molecule has 8 heteroatoms. The molecule has 1 aromatic heterocycles.